The Labute approximate surface area is 111 Å². The van der Waals surface area contributed by atoms with Crippen LogP contribution < -0.4 is 5.32 Å². The molecule has 1 heterocycles. The summed E-state index contributed by atoms with van der Waals surface area (Å²) < 4.78 is 5.11. The van der Waals surface area contributed by atoms with E-state index in [1.54, 1.807) is 27.7 Å². The van der Waals surface area contributed by atoms with Gasteiger partial charge in [0.15, 0.2) is 0 Å². The molecule has 0 aliphatic heterocycles. The van der Waals surface area contributed by atoms with Crippen LogP contribution in [-0.2, 0) is 4.74 Å². The molecule has 1 aromatic rings. The molecule has 1 unspecified atom stereocenters. The van der Waals surface area contributed by atoms with Gasteiger partial charge in [0.1, 0.15) is 5.60 Å². The Morgan fingerprint density at radius 3 is 2.58 bits per heavy atom. The maximum Gasteiger partial charge on any atom is 0.408 e. The highest BCUT2D eigenvalue weighted by Gasteiger charge is 2.19. The van der Waals surface area contributed by atoms with Gasteiger partial charge in [-0.15, -0.1) is 0 Å². The molecular formula is C13H18N2O4. The highest BCUT2D eigenvalue weighted by molar-refractivity contribution is 5.87. The van der Waals surface area contributed by atoms with E-state index in [0.29, 0.717) is 5.69 Å². The molecule has 0 fully saturated rings. The minimum atomic E-state index is -1.03. The number of pyridine rings is 1. The molecule has 1 aromatic heterocycles. The van der Waals surface area contributed by atoms with E-state index in [1.165, 1.54) is 18.3 Å². The van der Waals surface area contributed by atoms with E-state index in [2.05, 4.69) is 10.3 Å². The van der Waals surface area contributed by atoms with Crippen LogP contribution >= 0.6 is 0 Å². The number of carboxylic acids is 1. The highest BCUT2D eigenvalue weighted by Crippen LogP contribution is 2.13. The van der Waals surface area contributed by atoms with Gasteiger partial charge in [-0.25, -0.2) is 9.59 Å². The van der Waals surface area contributed by atoms with Gasteiger partial charge in [-0.3, -0.25) is 4.98 Å². The number of rotatable bonds is 3. The van der Waals surface area contributed by atoms with Crippen molar-refractivity contribution in [2.45, 2.75) is 39.3 Å². The van der Waals surface area contributed by atoms with Crippen molar-refractivity contribution >= 4 is 12.1 Å². The summed E-state index contributed by atoms with van der Waals surface area (Å²) in [5.41, 5.74) is 0.00810. The van der Waals surface area contributed by atoms with Crippen molar-refractivity contribution in [2.24, 2.45) is 0 Å². The van der Waals surface area contributed by atoms with E-state index in [-0.39, 0.29) is 5.56 Å². The van der Waals surface area contributed by atoms with E-state index >= 15 is 0 Å². The van der Waals surface area contributed by atoms with Crippen LogP contribution in [0.1, 0.15) is 49.8 Å². The molecule has 0 bridgehead atoms. The molecule has 0 saturated carbocycles. The topological polar surface area (TPSA) is 88.5 Å². The number of hydrogen-bond donors (Lipinski definition) is 2. The molecule has 0 aromatic carbocycles. The van der Waals surface area contributed by atoms with Gasteiger partial charge in [0.2, 0.25) is 0 Å². The number of aromatic carboxylic acids is 1. The van der Waals surface area contributed by atoms with E-state index in [4.69, 9.17) is 9.84 Å². The van der Waals surface area contributed by atoms with Crippen LogP contribution in [0.25, 0.3) is 0 Å². The Balaban J connectivity index is 2.73. The second-order valence-electron chi connectivity index (χ2n) is 5.14. The maximum absolute atomic E-state index is 11.6. The van der Waals surface area contributed by atoms with Crippen LogP contribution in [0.3, 0.4) is 0 Å². The van der Waals surface area contributed by atoms with Crippen molar-refractivity contribution in [3.05, 3.63) is 29.6 Å². The molecule has 1 atom stereocenters. The van der Waals surface area contributed by atoms with Gasteiger partial charge in [0, 0.05) is 6.20 Å². The monoisotopic (exact) mass is 266 g/mol. The summed E-state index contributed by atoms with van der Waals surface area (Å²) in [6.07, 6.45) is 0.828. The number of carbonyl (C=O) groups is 2. The summed E-state index contributed by atoms with van der Waals surface area (Å²) in [7, 11) is 0. The van der Waals surface area contributed by atoms with E-state index < -0.39 is 23.7 Å². The number of hydrogen-bond acceptors (Lipinski definition) is 4. The number of alkyl carbamates (subject to hydrolysis) is 1. The number of aromatic nitrogens is 1. The Hall–Kier alpha value is -2.11. The number of ether oxygens (including phenoxy) is 1. The normalized spacial score (nSPS) is 12.6. The third-order valence-corrected chi connectivity index (χ3v) is 2.20. The van der Waals surface area contributed by atoms with Crippen LogP contribution in [0.15, 0.2) is 18.3 Å². The zero-order valence-corrected chi connectivity index (χ0v) is 11.4. The largest absolute Gasteiger partial charge is 0.478 e. The Morgan fingerprint density at radius 1 is 1.42 bits per heavy atom. The first-order chi connectivity index (χ1) is 8.69. The van der Waals surface area contributed by atoms with Crippen molar-refractivity contribution < 1.29 is 19.4 Å². The highest BCUT2D eigenvalue weighted by atomic mass is 16.6. The predicted molar refractivity (Wildman–Crippen MR) is 69.0 cm³/mol. The third kappa shape index (κ3) is 4.95. The predicted octanol–water partition coefficient (Wildman–Crippen LogP) is 2.37. The summed E-state index contributed by atoms with van der Waals surface area (Å²) in [5, 5.41) is 11.5. The molecule has 0 aliphatic carbocycles. The van der Waals surface area contributed by atoms with Gasteiger partial charge in [-0.2, -0.15) is 0 Å². The lowest BCUT2D eigenvalue weighted by Gasteiger charge is -2.21. The lowest BCUT2D eigenvalue weighted by molar-refractivity contribution is 0.0506. The Kier molecular flexibility index (Phi) is 4.47. The van der Waals surface area contributed by atoms with Gasteiger partial charge in [-0.1, -0.05) is 0 Å². The van der Waals surface area contributed by atoms with E-state index in [9.17, 15) is 9.59 Å². The molecule has 1 amide bonds. The second-order valence-corrected chi connectivity index (χ2v) is 5.14. The molecule has 0 aliphatic rings. The van der Waals surface area contributed by atoms with Gasteiger partial charge < -0.3 is 15.2 Å². The van der Waals surface area contributed by atoms with E-state index in [0.717, 1.165) is 0 Å². The SMILES string of the molecule is CC(NC(=O)OC(C)(C)C)c1cc(C(=O)O)ccn1. The fourth-order valence-corrected chi connectivity index (χ4v) is 1.38. The lowest BCUT2D eigenvalue weighted by Crippen LogP contribution is -2.34. The number of nitrogens with one attached hydrogen (secondary N) is 1. The first-order valence-electron chi connectivity index (χ1n) is 5.88. The Morgan fingerprint density at radius 2 is 2.05 bits per heavy atom. The molecule has 0 saturated heterocycles. The van der Waals surface area contributed by atoms with Crippen molar-refractivity contribution in [3.8, 4) is 0 Å². The smallest absolute Gasteiger partial charge is 0.408 e. The number of nitrogens with zero attached hydrogens (tertiary/aromatic N) is 1. The van der Waals surface area contributed by atoms with Crippen molar-refractivity contribution in [1.82, 2.24) is 10.3 Å². The minimum absolute atomic E-state index is 0.128. The first kappa shape index (κ1) is 14.9. The van der Waals surface area contributed by atoms with Crippen molar-refractivity contribution in [2.75, 3.05) is 0 Å². The summed E-state index contributed by atoms with van der Waals surface area (Å²) in [6.45, 7) is 7.00. The number of amides is 1. The average molecular weight is 266 g/mol. The fraction of sp³-hybridized carbons (Fsp3) is 0.462. The minimum Gasteiger partial charge on any atom is -0.478 e. The van der Waals surface area contributed by atoms with Gasteiger partial charge in [0.05, 0.1) is 17.3 Å². The second kappa shape index (κ2) is 5.69. The molecule has 19 heavy (non-hydrogen) atoms. The summed E-state index contributed by atoms with van der Waals surface area (Å²) in [6, 6.07) is 2.38. The number of carboxylic acid groups (broad SMARTS) is 1. The van der Waals surface area contributed by atoms with Gasteiger partial charge in [-0.05, 0) is 39.8 Å². The summed E-state index contributed by atoms with van der Waals surface area (Å²) in [5.74, 6) is -1.03. The maximum atomic E-state index is 11.6. The molecule has 0 radical (unpaired) electrons. The molecule has 6 heteroatoms. The first-order valence-corrected chi connectivity index (χ1v) is 5.88. The molecule has 6 nitrogen and oxygen atoms in total. The van der Waals surface area contributed by atoms with Crippen molar-refractivity contribution in [3.63, 3.8) is 0 Å². The van der Waals surface area contributed by atoms with E-state index in [1.807, 2.05) is 0 Å². The molecule has 2 N–H and O–H groups in total. The number of carbonyl (C=O) groups excluding carboxylic acids is 1. The molecule has 0 spiro atoms. The summed E-state index contributed by atoms with van der Waals surface area (Å²) in [4.78, 5) is 26.5. The molecule has 1 rings (SSSR count). The van der Waals surface area contributed by atoms with Crippen LogP contribution in [-0.4, -0.2) is 27.8 Å². The zero-order valence-electron chi connectivity index (χ0n) is 11.4. The van der Waals surface area contributed by atoms with Crippen molar-refractivity contribution in [1.29, 1.82) is 0 Å². The quantitative estimate of drug-likeness (QED) is 0.876. The summed E-state index contributed by atoms with van der Waals surface area (Å²) >= 11 is 0. The lowest BCUT2D eigenvalue weighted by atomic mass is 10.1. The fourth-order valence-electron chi connectivity index (χ4n) is 1.38. The zero-order chi connectivity index (χ0) is 14.6. The van der Waals surface area contributed by atoms with Crippen LogP contribution in [0, 0.1) is 0 Å². The Bertz CT molecular complexity index is 480. The van der Waals surface area contributed by atoms with Gasteiger partial charge >= 0.3 is 12.1 Å². The van der Waals surface area contributed by atoms with Crippen LogP contribution in [0.4, 0.5) is 4.79 Å². The third-order valence-electron chi connectivity index (χ3n) is 2.20. The van der Waals surface area contributed by atoms with Crippen LogP contribution in [0.2, 0.25) is 0 Å². The molecule has 104 valence electrons. The van der Waals surface area contributed by atoms with Crippen LogP contribution in [0.5, 0.6) is 0 Å². The standard InChI is InChI=1S/C13H18N2O4/c1-8(15-12(18)19-13(2,3)4)10-7-9(11(16)17)5-6-14-10/h5-8H,1-4H3,(H,15,18)(H,16,17). The molecular weight excluding hydrogens is 248 g/mol. The van der Waals surface area contributed by atoms with Gasteiger partial charge in [0.25, 0.3) is 0 Å². The average Bonchev–Trinajstić information content (AvgIpc) is 2.26.